The van der Waals surface area contributed by atoms with E-state index in [-0.39, 0.29) is 12.1 Å². The van der Waals surface area contributed by atoms with Crippen molar-refractivity contribution in [1.29, 1.82) is 0 Å². The van der Waals surface area contributed by atoms with E-state index in [1.54, 1.807) is 21.5 Å². The lowest BCUT2D eigenvalue weighted by Crippen LogP contribution is -2.27. The number of nitrogens with zero attached hydrogens (tertiary/aromatic N) is 6. The number of rotatable bonds is 5. The summed E-state index contributed by atoms with van der Waals surface area (Å²) in [7, 11) is 0. The fraction of sp³-hybridized carbons (Fsp3) is 0.440. The predicted molar refractivity (Wildman–Crippen MR) is 126 cm³/mol. The second kappa shape index (κ2) is 9.31. The summed E-state index contributed by atoms with van der Waals surface area (Å²) in [5.41, 5.74) is 4.61. The van der Waals surface area contributed by atoms with Gasteiger partial charge in [-0.25, -0.2) is 4.52 Å². The summed E-state index contributed by atoms with van der Waals surface area (Å²) in [6, 6.07) is 8.05. The van der Waals surface area contributed by atoms with Crippen molar-refractivity contribution in [3.8, 4) is 11.3 Å². The Balaban J connectivity index is 1.33. The van der Waals surface area contributed by atoms with E-state index in [9.17, 15) is 4.79 Å². The van der Waals surface area contributed by atoms with Gasteiger partial charge in [0.15, 0.2) is 5.82 Å². The molecule has 0 saturated carbocycles. The quantitative estimate of drug-likeness (QED) is 0.461. The van der Waals surface area contributed by atoms with E-state index in [0.29, 0.717) is 23.8 Å². The minimum absolute atomic E-state index is 0.129. The Morgan fingerprint density at radius 2 is 1.73 bits per heavy atom. The van der Waals surface area contributed by atoms with Crippen LogP contribution in [0.1, 0.15) is 54.9 Å². The molecule has 0 bridgehead atoms. The molecule has 5 rings (SSSR count). The molecule has 0 radical (unpaired) electrons. The van der Waals surface area contributed by atoms with E-state index < -0.39 is 0 Å². The van der Waals surface area contributed by atoms with Gasteiger partial charge in [0.25, 0.3) is 5.56 Å². The molecule has 1 aromatic carbocycles. The summed E-state index contributed by atoms with van der Waals surface area (Å²) < 4.78 is 8.72. The van der Waals surface area contributed by atoms with Crippen molar-refractivity contribution in [1.82, 2.24) is 29.2 Å². The van der Waals surface area contributed by atoms with Gasteiger partial charge in [-0.1, -0.05) is 36.6 Å². The fourth-order valence-corrected chi connectivity index (χ4v) is 4.43. The van der Waals surface area contributed by atoms with Crippen LogP contribution in [0.2, 0.25) is 0 Å². The highest BCUT2D eigenvalue weighted by molar-refractivity contribution is 5.66. The van der Waals surface area contributed by atoms with Gasteiger partial charge < -0.3 is 9.09 Å². The van der Waals surface area contributed by atoms with Crippen LogP contribution in [0.25, 0.3) is 16.8 Å². The molecule has 1 aliphatic rings. The van der Waals surface area contributed by atoms with Crippen LogP contribution in [-0.2, 0) is 13.1 Å². The summed E-state index contributed by atoms with van der Waals surface area (Å²) in [4.78, 5) is 20.0. The van der Waals surface area contributed by atoms with Crippen molar-refractivity contribution in [2.75, 3.05) is 13.1 Å². The standard InChI is InChI=1S/C25H30N6O2/c1-18-8-9-20(14-19(18)2)21-15-22-25(32)30(12-13-31(22)27-21)16-23-26-24(33-28-23)17-29-10-6-4-3-5-7-11-29/h8-9,12-15H,3-7,10-11,16-17H2,1-2H3. The molecule has 1 saturated heterocycles. The van der Waals surface area contributed by atoms with Gasteiger partial charge in [-0.05, 0) is 63.0 Å². The molecule has 0 unspecified atom stereocenters. The monoisotopic (exact) mass is 446 g/mol. The summed E-state index contributed by atoms with van der Waals surface area (Å²) in [5, 5.41) is 8.71. The van der Waals surface area contributed by atoms with Gasteiger partial charge in [0.2, 0.25) is 5.89 Å². The minimum Gasteiger partial charge on any atom is -0.338 e. The molecule has 33 heavy (non-hydrogen) atoms. The van der Waals surface area contributed by atoms with Crippen molar-refractivity contribution in [3.05, 3.63) is 69.9 Å². The Hall–Kier alpha value is -3.26. The maximum atomic E-state index is 13.1. The zero-order valence-corrected chi connectivity index (χ0v) is 19.3. The first-order valence-corrected chi connectivity index (χ1v) is 11.8. The maximum absolute atomic E-state index is 13.1. The molecule has 4 heterocycles. The second-order valence-corrected chi connectivity index (χ2v) is 9.04. The van der Waals surface area contributed by atoms with E-state index in [0.717, 1.165) is 24.3 Å². The molecular formula is C25H30N6O2. The molecule has 0 atom stereocenters. The molecule has 0 N–H and O–H groups in total. The molecule has 1 fully saturated rings. The Bertz CT molecular complexity index is 1310. The van der Waals surface area contributed by atoms with Crippen molar-refractivity contribution in [2.24, 2.45) is 0 Å². The summed E-state index contributed by atoms with van der Waals surface area (Å²) in [5.74, 6) is 1.12. The average Bonchev–Trinajstić information content (AvgIpc) is 3.41. The number of hydrogen-bond acceptors (Lipinski definition) is 6. The molecule has 172 valence electrons. The molecule has 0 amide bonds. The number of aromatic nitrogens is 5. The minimum atomic E-state index is -0.129. The Labute approximate surface area is 192 Å². The van der Waals surface area contributed by atoms with Crippen molar-refractivity contribution >= 4 is 5.52 Å². The van der Waals surface area contributed by atoms with E-state index in [2.05, 4.69) is 46.1 Å². The summed E-state index contributed by atoms with van der Waals surface area (Å²) in [6.07, 6.45) is 9.86. The fourth-order valence-electron chi connectivity index (χ4n) is 4.43. The predicted octanol–water partition coefficient (Wildman–Crippen LogP) is 3.98. The molecule has 8 nitrogen and oxygen atoms in total. The van der Waals surface area contributed by atoms with Gasteiger partial charge in [0.05, 0.1) is 18.8 Å². The largest absolute Gasteiger partial charge is 0.338 e. The number of benzene rings is 1. The molecule has 0 aliphatic carbocycles. The molecular weight excluding hydrogens is 416 g/mol. The third-order valence-electron chi connectivity index (χ3n) is 6.54. The molecule has 3 aromatic heterocycles. The zero-order valence-electron chi connectivity index (χ0n) is 19.3. The Kier molecular flexibility index (Phi) is 6.09. The maximum Gasteiger partial charge on any atom is 0.277 e. The van der Waals surface area contributed by atoms with Gasteiger partial charge in [0.1, 0.15) is 5.52 Å². The first kappa shape index (κ1) is 21.6. The molecule has 8 heteroatoms. The average molecular weight is 447 g/mol. The SMILES string of the molecule is Cc1ccc(-c2cc3c(=O)n(Cc4noc(CN5CCCCCCC5)n4)ccn3n2)cc1C. The highest BCUT2D eigenvalue weighted by atomic mass is 16.5. The van der Waals surface area contributed by atoms with Crippen molar-refractivity contribution in [3.63, 3.8) is 0 Å². The highest BCUT2D eigenvalue weighted by Gasteiger charge is 2.15. The van der Waals surface area contributed by atoms with Gasteiger partial charge in [-0.3, -0.25) is 9.69 Å². The first-order valence-electron chi connectivity index (χ1n) is 11.8. The van der Waals surface area contributed by atoms with Crippen LogP contribution in [0.4, 0.5) is 0 Å². The van der Waals surface area contributed by atoms with E-state index >= 15 is 0 Å². The topological polar surface area (TPSA) is 81.5 Å². The lowest BCUT2D eigenvalue weighted by atomic mass is 10.0. The van der Waals surface area contributed by atoms with E-state index in [4.69, 9.17) is 4.52 Å². The number of fused-ring (bicyclic) bond motifs is 1. The molecule has 4 aromatic rings. The van der Waals surface area contributed by atoms with Gasteiger partial charge in [-0.15, -0.1) is 0 Å². The van der Waals surface area contributed by atoms with E-state index in [1.807, 2.05) is 12.1 Å². The van der Waals surface area contributed by atoms with Crippen LogP contribution in [0, 0.1) is 13.8 Å². The van der Waals surface area contributed by atoms with E-state index in [1.165, 1.54) is 43.2 Å². The number of hydrogen-bond donors (Lipinski definition) is 0. The lowest BCUT2D eigenvalue weighted by Gasteiger charge is -2.22. The second-order valence-electron chi connectivity index (χ2n) is 9.04. The summed E-state index contributed by atoms with van der Waals surface area (Å²) >= 11 is 0. The zero-order chi connectivity index (χ0) is 22.8. The third kappa shape index (κ3) is 4.75. The first-order chi connectivity index (χ1) is 16.1. The molecule has 0 spiro atoms. The summed E-state index contributed by atoms with van der Waals surface area (Å²) in [6.45, 7) is 7.23. The van der Waals surface area contributed by atoms with Gasteiger partial charge in [0, 0.05) is 18.0 Å². The highest BCUT2D eigenvalue weighted by Crippen LogP contribution is 2.21. The van der Waals surface area contributed by atoms with Crippen LogP contribution >= 0.6 is 0 Å². The van der Waals surface area contributed by atoms with Crippen LogP contribution in [0.15, 0.2) is 46.0 Å². The van der Waals surface area contributed by atoms with Gasteiger partial charge >= 0.3 is 0 Å². The van der Waals surface area contributed by atoms with Gasteiger partial charge in [-0.2, -0.15) is 10.1 Å². The Morgan fingerprint density at radius 3 is 2.52 bits per heavy atom. The smallest absolute Gasteiger partial charge is 0.277 e. The number of likely N-dealkylation sites (tertiary alicyclic amines) is 1. The normalized spacial score (nSPS) is 15.6. The van der Waals surface area contributed by atoms with Crippen molar-refractivity contribution < 1.29 is 4.52 Å². The van der Waals surface area contributed by atoms with Crippen LogP contribution in [0.5, 0.6) is 0 Å². The lowest BCUT2D eigenvalue weighted by molar-refractivity contribution is 0.208. The Morgan fingerprint density at radius 1 is 0.939 bits per heavy atom. The van der Waals surface area contributed by atoms with Crippen LogP contribution in [0.3, 0.4) is 0 Å². The van der Waals surface area contributed by atoms with Crippen LogP contribution < -0.4 is 5.56 Å². The third-order valence-corrected chi connectivity index (χ3v) is 6.54. The molecule has 1 aliphatic heterocycles. The van der Waals surface area contributed by atoms with Crippen LogP contribution in [-0.4, -0.2) is 42.3 Å². The number of aryl methyl sites for hydroxylation is 2. The van der Waals surface area contributed by atoms with Crippen molar-refractivity contribution in [2.45, 2.75) is 59.0 Å².